The zero-order valence-corrected chi connectivity index (χ0v) is 12.6. The van der Waals surface area contributed by atoms with Crippen molar-refractivity contribution in [2.24, 2.45) is 21.7 Å². The lowest BCUT2D eigenvalue weighted by Gasteiger charge is -2.13. The fourth-order valence-electron chi connectivity index (χ4n) is 1.87. The summed E-state index contributed by atoms with van der Waals surface area (Å²) in [5.41, 5.74) is 11.5. The maximum Gasteiger partial charge on any atom is 0.211 e. The Labute approximate surface area is 133 Å². The van der Waals surface area contributed by atoms with Crippen LogP contribution in [-0.4, -0.2) is 19.3 Å². The number of hydrogen-bond acceptors (Lipinski definition) is 4. The predicted molar refractivity (Wildman–Crippen MR) is 87.1 cm³/mol. The zero-order valence-electron chi connectivity index (χ0n) is 12.6. The van der Waals surface area contributed by atoms with Crippen LogP contribution in [0, 0.1) is 5.82 Å². The van der Waals surface area contributed by atoms with Crippen LogP contribution in [0.2, 0.25) is 0 Å². The van der Waals surface area contributed by atoms with Crippen molar-refractivity contribution in [3.05, 3.63) is 59.4 Å². The summed E-state index contributed by atoms with van der Waals surface area (Å²) in [6, 6.07) is 11.6. The van der Waals surface area contributed by atoms with Crippen LogP contribution < -0.4 is 20.9 Å². The Kier molecular flexibility index (Phi) is 5.51. The van der Waals surface area contributed by atoms with Gasteiger partial charge in [-0.15, -0.1) is 5.10 Å². The fraction of sp³-hybridized carbons (Fsp3) is 0.125. The lowest BCUT2D eigenvalue weighted by Crippen LogP contribution is -2.21. The Hall–Kier alpha value is -3.09. The number of para-hydroxylation sites is 1. The monoisotopic (exact) mass is 316 g/mol. The van der Waals surface area contributed by atoms with Crippen molar-refractivity contribution in [3.8, 4) is 11.5 Å². The van der Waals surface area contributed by atoms with Gasteiger partial charge in [0.05, 0.1) is 13.3 Å². The minimum atomic E-state index is -0.335. The molecular formula is C16H17FN4O2. The number of rotatable bonds is 6. The maximum absolute atomic E-state index is 13.7. The molecule has 0 heterocycles. The number of hydrogen-bond donors (Lipinski definition) is 2. The first-order chi connectivity index (χ1) is 11.1. The molecule has 0 radical (unpaired) electrons. The highest BCUT2D eigenvalue weighted by molar-refractivity contribution is 5.86. The minimum absolute atomic E-state index is 0.0518. The molecule has 2 rings (SSSR count). The number of nitrogens with zero attached hydrogens (tertiary/aromatic N) is 2. The quantitative estimate of drug-likeness (QED) is 0.484. The van der Waals surface area contributed by atoms with Gasteiger partial charge in [-0.1, -0.05) is 24.3 Å². The number of benzene rings is 2. The van der Waals surface area contributed by atoms with Gasteiger partial charge >= 0.3 is 0 Å². The summed E-state index contributed by atoms with van der Waals surface area (Å²) in [6.45, 7) is 0.0518. The van der Waals surface area contributed by atoms with Crippen LogP contribution in [0.15, 0.2) is 52.7 Å². The maximum atomic E-state index is 13.7. The summed E-state index contributed by atoms with van der Waals surface area (Å²) in [5, 5.41) is 7.29. The van der Waals surface area contributed by atoms with Crippen molar-refractivity contribution in [1.82, 2.24) is 0 Å². The van der Waals surface area contributed by atoms with E-state index in [2.05, 4.69) is 10.2 Å². The summed E-state index contributed by atoms with van der Waals surface area (Å²) in [5.74, 6) is 0.430. The average Bonchev–Trinajstić information content (AvgIpc) is 2.54. The SMILES string of the molecule is COc1cccc(C=NN=C(N)N)c1OCc1ccccc1F. The van der Waals surface area contributed by atoms with E-state index in [0.29, 0.717) is 22.6 Å². The smallest absolute Gasteiger partial charge is 0.211 e. The van der Waals surface area contributed by atoms with E-state index in [-0.39, 0.29) is 18.4 Å². The summed E-state index contributed by atoms with van der Waals surface area (Å²) in [7, 11) is 1.52. The van der Waals surface area contributed by atoms with Crippen LogP contribution >= 0.6 is 0 Å². The average molecular weight is 316 g/mol. The summed E-state index contributed by atoms with van der Waals surface area (Å²) in [4.78, 5) is 0. The Balaban J connectivity index is 2.26. The number of guanidine groups is 1. The number of ether oxygens (including phenoxy) is 2. The number of halogens is 1. The van der Waals surface area contributed by atoms with Gasteiger partial charge in [0.1, 0.15) is 12.4 Å². The van der Waals surface area contributed by atoms with Gasteiger partial charge in [-0.05, 0) is 18.2 Å². The van der Waals surface area contributed by atoms with Crippen molar-refractivity contribution in [2.75, 3.05) is 7.11 Å². The van der Waals surface area contributed by atoms with E-state index in [0.717, 1.165) is 0 Å². The molecule has 0 saturated heterocycles. The van der Waals surface area contributed by atoms with Gasteiger partial charge in [0, 0.05) is 11.1 Å². The third-order valence-electron chi connectivity index (χ3n) is 2.93. The van der Waals surface area contributed by atoms with Crippen molar-refractivity contribution < 1.29 is 13.9 Å². The van der Waals surface area contributed by atoms with Gasteiger partial charge in [-0.3, -0.25) is 0 Å². The van der Waals surface area contributed by atoms with E-state index in [1.165, 1.54) is 19.4 Å². The van der Waals surface area contributed by atoms with Crippen molar-refractivity contribution >= 4 is 12.2 Å². The van der Waals surface area contributed by atoms with Gasteiger partial charge < -0.3 is 20.9 Å². The van der Waals surface area contributed by atoms with Gasteiger partial charge in [0.15, 0.2) is 11.5 Å². The molecule has 23 heavy (non-hydrogen) atoms. The Morgan fingerprint density at radius 1 is 1.17 bits per heavy atom. The number of nitrogens with two attached hydrogens (primary N) is 2. The first kappa shape index (κ1) is 16.3. The van der Waals surface area contributed by atoms with E-state index in [9.17, 15) is 4.39 Å². The molecule has 0 saturated carbocycles. The molecule has 0 bridgehead atoms. The lowest BCUT2D eigenvalue weighted by atomic mass is 10.2. The molecule has 0 aliphatic rings. The van der Waals surface area contributed by atoms with E-state index in [1.807, 2.05) is 0 Å². The number of methoxy groups -OCH3 is 1. The molecule has 0 amide bonds. The lowest BCUT2D eigenvalue weighted by molar-refractivity contribution is 0.279. The minimum Gasteiger partial charge on any atom is -0.493 e. The largest absolute Gasteiger partial charge is 0.493 e. The fourth-order valence-corrected chi connectivity index (χ4v) is 1.87. The van der Waals surface area contributed by atoms with E-state index in [4.69, 9.17) is 20.9 Å². The van der Waals surface area contributed by atoms with Crippen LogP contribution in [0.3, 0.4) is 0 Å². The van der Waals surface area contributed by atoms with Gasteiger partial charge in [-0.2, -0.15) is 5.10 Å². The molecule has 7 heteroatoms. The molecule has 0 fully saturated rings. The predicted octanol–water partition coefficient (Wildman–Crippen LogP) is 2.02. The van der Waals surface area contributed by atoms with Crippen LogP contribution in [0.25, 0.3) is 0 Å². The molecule has 0 spiro atoms. The molecule has 4 N–H and O–H groups in total. The van der Waals surface area contributed by atoms with Gasteiger partial charge in [0.25, 0.3) is 0 Å². The van der Waals surface area contributed by atoms with Crippen molar-refractivity contribution in [2.45, 2.75) is 6.61 Å². The molecule has 2 aromatic carbocycles. The Morgan fingerprint density at radius 3 is 2.65 bits per heavy atom. The summed E-state index contributed by atoms with van der Waals surface area (Å²) in [6.07, 6.45) is 1.43. The second-order valence-electron chi connectivity index (χ2n) is 4.53. The molecule has 6 nitrogen and oxygen atoms in total. The molecular weight excluding hydrogens is 299 g/mol. The Bertz CT molecular complexity index is 728. The van der Waals surface area contributed by atoms with Gasteiger partial charge in [0.2, 0.25) is 5.96 Å². The summed E-state index contributed by atoms with van der Waals surface area (Å²) < 4.78 is 24.7. The first-order valence-corrected chi connectivity index (χ1v) is 6.77. The molecule has 0 unspecified atom stereocenters. The topological polar surface area (TPSA) is 95.2 Å². The second-order valence-corrected chi connectivity index (χ2v) is 4.53. The third kappa shape index (κ3) is 4.44. The molecule has 0 aromatic heterocycles. The second kappa shape index (κ2) is 7.79. The zero-order chi connectivity index (χ0) is 16.7. The highest BCUT2D eigenvalue weighted by atomic mass is 19.1. The van der Waals surface area contributed by atoms with Crippen LogP contribution in [0.1, 0.15) is 11.1 Å². The van der Waals surface area contributed by atoms with Crippen LogP contribution in [-0.2, 0) is 6.61 Å². The van der Waals surface area contributed by atoms with Crippen LogP contribution in [0.5, 0.6) is 11.5 Å². The standard InChI is InChI=1S/C16H17FN4O2/c1-22-14-8-4-6-11(9-20-21-16(18)19)15(14)23-10-12-5-2-3-7-13(12)17/h2-9H,10H2,1H3,(H4,18,19,21). The first-order valence-electron chi connectivity index (χ1n) is 6.77. The van der Waals surface area contributed by atoms with E-state index < -0.39 is 0 Å². The van der Waals surface area contributed by atoms with Crippen molar-refractivity contribution in [1.29, 1.82) is 0 Å². The highest BCUT2D eigenvalue weighted by Gasteiger charge is 2.11. The van der Waals surface area contributed by atoms with Crippen LogP contribution in [0.4, 0.5) is 4.39 Å². The van der Waals surface area contributed by atoms with Crippen molar-refractivity contribution in [3.63, 3.8) is 0 Å². The Morgan fingerprint density at radius 2 is 1.96 bits per heavy atom. The molecule has 2 aromatic rings. The third-order valence-corrected chi connectivity index (χ3v) is 2.93. The highest BCUT2D eigenvalue weighted by Crippen LogP contribution is 2.31. The van der Waals surface area contributed by atoms with E-state index >= 15 is 0 Å². The molecule has 0 atom stereocenters. The molecule has 0 aliphatic carbocycles. The normalized spacial score (nSPS) is 10.5. The summed E-state index contributed by atoms with van der Waals surface area (Å²) >= 11 is 0. The molecule has 120 valence electrons. The van der Waals surface area contributed by atoms with E-state index in [1.54, 1.807) is 36.4 Å². The van der Waals surface area contributed by atoms with Gasteiger partial charge in [-0.25, -0.2) is 4.39 Å². The molecule has 0 aliphatic heterocycles.